The molecule has 0 bridgehead atoms. The van der Waals surface area contributed by atoms with Crippen molar-refractivity contribution in [1.29, 1.82) is 0 Å². The third-order valence-electron chi connectivity index (χ3n) is 2.86. The van der Waals surface area contributed by atoms with Crippen LogP contribution in [-0.2, 0) is 4.74 Å². The molecule has 0 aromatic carbocycles. The maximum atomic E-state index is 5.16. The van der Waals surface area contributed by atoms with Gasteiger partial charge in [-0.15, -0.1) is 0 Å². The Morgan fingerprint density at radius 2 is 2.41 bits per heavy atom. The van der Waals surface area contributed by atoms with Crippen LogP contribution in [0.2, 0.25) is 0 Å². The molecule has 1 rings (SSSR count). The van der Waals surface area contributed by atoms with Crippen LogP contribution in [0.25, 0.3) is 0 Å². The number of hydrazone groups is 1. The molecule has 0 radical (unpaired) electrons. The molecule has 17 heavy (non-hydrogen) atoms. The number of methoxy groups -OCH3 is 1. The Morgan fingerprint density at radius 1 is 1.65 bits per heavy atom. The van der Waals surface area contributed by atoms with Gasteiger partial charge in [0.15, 0.2) is 5.11 Å². The first-order chi connectivity index (χ1) is 8.11. The Kier molecular flexibility index (Phi) is 6.44. The summed E-state index contributed by atoms with van der Waals surface area (Å²) in [6.07, 6.45) is 4.73. The van der Waals surface area contributed by atoms with Gasteiger partial charge in [-0.05, 0) is 50.7 Å². The van der Waals surface area contributed by atoms with E-state index in [-0.39, 0.29) is 6.04 Å². The summed E-state index contributed by atoms with van der Waals surface area (Å²) in [4.78, 5) is 0. The number of ether oxygens (including phenoxy) is 1. The minimum absolute atomic E-state index is 0.200. The fourth-order valence-corrected chi connectivity index (χ4v) is 2.29. The number of thiocarbonyl (C=S) groups is 1. The predicted molar refractivity (Wildman–Crippen MR) is 75.3 cm³/mol. The molecule has 0 aromatic heterocycles. The Balaban J connectivity index is 2.28. The van der Waals surface area contributed by atoms with Crippen molar-refractivity contribution in [2.75, 3.05) is 13.7 Å². The molecule has 1 aliphatic carbocycles. The van der Waals surface area contributed by atoms with Crippen molar-refractivity contribution in [3.05, 3.63) is 0 Å². The molecular weight excluding hydrogens is 234 g/mol. The van der Waals surface area contributed by atoms with Crippen molar-refractivity contribution in [2.45, 2.75) is 45.6 Å². The fraction of sp³-hybridized carbons (Fsp3) is 0.833. The zero-order chi connectivity index (χ0) is 12.7. The molecule has 98 valence electrons. The van der Waals surface area contributed by atoms with Crippen molar-refractivity contribution >= 4 is 23.0 Å². The monoisotopic (exact) mass is 257 g/mol. The summed E-state index contributed by atoms with van der Waals surface area (Å²) >= 11 is 5.16. The number of nitrogens with one attached hydrogen (secondary N) is 2. The Labute approximate surface area is 109 Å². The SMILES string of the molecule is COC[C@H](C)NC(=S)N/N=C1/CCC[C@H](C)C1. The van der Waals surface area contributed by atoms with Crippen LogP contribution in [0.15, 0.2) is 5.10 Å². The quantitative estimate of drug-likeness (QED) is 0.598. The summed E-state index contributed by atoms with van der Waals surface area (Å²) in [6, 6.07) is 0.200. The summed E-state index contributed by atoms with van der Waals surface area (Å²) in [5, 5.41) is 8.06. The average molecular weight is 257 g/mol. The molecule has 0 aromatic rings. The van der Waals surface area contributed by atoms with Gasteiger partial charge in [-0.25, -0.2) is 0 Å². The lowest BCUT2D eigenvalue weighted by Gasteiger charge is -2.20. The van der Waals surface area contributed by atoms with Crippen LogP contribution in [0.4, 0.5) is 0 Å². The Bertz CT molecular complexity index is 281. The van der Waals surface area contributed by atoms with E-state index in [0.29, 0.717) is 11.7 Å². The van der Waals surface area contributed by atoms with Crippen LogP contribution >= 0.6 is 12.2 Å². The molecule has 1 fully saturated rings. The first kappa shape index (κ1) is 14.4. The lowest BCUT2D eigenvalue weighted by molar-refractivity contribution is 0.179. The minimum atomic E-state index is 0.200. The van der Waals surface area contributed by atoms with E-state index in [9.17, 15) is 0 Å². The van der Waals surface area contributed by atoms with Gasteiger partial charge in [0.25, 0.3) is 0 Å². The average Bonchev–Trinajstić information content (AvgIpc) is 2.27. The molecule has 0 saturated heterocycles. The number of rotatable bonds is 4. The van der Waals surface area contributed by atoms with Gasteiger partial charge in [0.05, 0.1) is 6.61 Å². The first-order valence-corrected chi connectivity index (χ1v) is 6.63. The van der Waals surface area contributed by atoms with Crippen LogP contribution in [0, 0.1) is 5.92 Å². The highest BCUT2D eigenvalue weighted by molar-refractivity contribution is 7.80. The van der Waals surface area contributed by atoms with E-state index < -0.39 is 0 Å². The van der Waals surface area contributed by atoms with Crippen LogP contribution in [-0.4, -0.2) is 30.6 Å². The number of nitrogens with zero attached hydrogens (tertiary/aromatic N) is 1. The van der Waals surface area contributed by atoms with Crippen molar-refractivity contribution in [2.24, 2.45) is 11.0 Å². The maximum Gasteiger partial charge on any atom is 0.187 e. The van der Waals surface area contributed by atoms with E-state index in [1.807, 2.05) is 6.92 Å². The standard InChI is InChI=1S/C12H23N3OS/c1-9-5-4-6-11(7-9)14-15-12(17)13-10(2)8-16-3/h9-10H,4-8H2,1-3H3,(H2,13,15,17)/b14-11-/t9-,10-/m0/s1. The van der Waals surface area contributed by atoms with Gasteiger partial charge in [0, 0.05) is 18.9 Å². The second kappa shape index (κ2) is 7.61. The Hall–Kier alpha value is -0.680. The largest absolute Gasteiger partial charge is 0.383 e. The van der Waals surface area contributed by atoms with Crippen LogP contribution < -0.4 is 10.7 Å². The molecule has 1 aliphatic rings. The highest BCUT2D eigenvalue weighted by Crippen LogP contribution is 2.20. The molecule has 1 saturated carbocycles. The van der Waals surface area contributed by atoms with Gasteiger partial charge >= 0.3 is 0 Å². The zero-order valence-corrected chi connectivity index (χ0v) is 11.8. The topological polar surface area (TPSA) is 45.6 Å². The van der Waals surface area contributed by atoms with E-state index in [1.165, 1.54) is 18.6 Å². The van der Waals surface area contributed by atoms with E-state index >= 15 is 0 Å². The van der Waals surface area contributed by atoms with Gasteiger partial charge in [0.1, 0.15) is 0 Å². The summed E-state index contributed by atoms with van der Waals surface area (Å²) in [5.74, 6) is 0.748. The summed E-state index contributed by atoms with van der Waals surface area (Å²) in [6.45, 7) is 4.93. The molecule has 5 heteroatoms. The third kappa shape index (κ3) is 5.98. The summed E-state index contributed by atoms with van der Waals surface area (Å²) in [5.41, 5.74) is 4.14. The fourth-order valence-electron chi connectivity index (χ4n) is 2.04. The lowest BCUT2D eigenvalue weighted by Crippen LogP contribution is -2.41. The highest BCUT2D eigenvalue weighted by atomic mass is 32.1. The molecule has 0 amide bonds. The van der Waals surface area contributed by atoms with E-state index in [4.69, 9.17) is 17.0 Å². The van der Waals surface area contributed by atoms with Crippen LogP contribution in [0.1, 0.15) is 39.5 Å². The van der Waals surface area contributed by atoms with E-state index in [0.717, 1.165) is 18.8 Å². The highest BCUT2D eigenvalue weighted by Gasteiger charge is 2.14. The van der Waals surface area contributed by atoms with Crippen molar-refractivity contribution in [3.8, 4) is 0 Å². The molecule has 2 atom stereocenters. The van der Waals surface area contributed by atoms with Crippen molar-refractivity contribution < 1.29 is 4.74 Å². The third-order valence-corrected chi connectivity index (χ3v) is 3.07. The van der Waals surface area contributed by atoms with Gasteiger partial charge in [-0.1, -0.05) is 6.92 Å². The van der Waals surface area contributed by atoms with Gasteiger partial charge in [-0.2, -0.15) is 5.10 Å². The molecule has 0 heterocycles. The number of hydrogen-bond donors (Lipinski definition) is 2. The van der Waals surface area contributed by atoms with E-state index in [1.54, 1.807) is 7.11 Å². The van der Waals surface area contributed by atoms with Crippen molar-refractivity contribution in [3.63, 3.8) is 0 Å². The van der Waals surface area contributed by atoms with Gasteiger partial charge < -0.3 is 10.1 Å². The zero-order valence-electron chi connectivity index (χ0n) is 11.0. The molecular formula is C12H23N3OS. The second-order valence-corrected chi connectivity index (χ2v) is 5.23. The normalized spacial score (nSPS) is 24.4. The van der Waals surface area contributed by atoms with Gasteiger partial charge in [0.2, 0.25) is 0 Å². The van der Waals surface area contributed by atoms with Gasteiger partial charge in [-0.3, -0.25) is 5.43 Å². The molecule has 0 spiro atoms. The Morgan fingerprint density at radius 3 is 3.06 bits per heavy atom. The van der Waals surface area contributed by atoms with Crippen LogP contribution in [0.3, 0.4) is 0 Å². The lowest BCUT2D eigenvalue weighted by atomic mass is 9.89. The molecule has 0 unspecified atom stereocenters. The second-order valence-electron chi connectivity index (χ2n) is 4.82. The van der Waals surface area contributed by atoms with E-state index in [2.05, 4.69) is 22.8 Å². The molecule has 2 N–H and O–H groups in total. The van der Waals surface area contributed by atoms with Crippen LogP contribution in [0.5, 0.6) is 0 Å². The van der Waals surface area contributed by atoms with Crippen molar-refractivity contribution in [1.82, 2.24) is 10.7 Å². The first-order valence-electron chi connectivity index (χ1n) is 6.22. The minimum Gasteiger partial charge on any atom is -0.383 e. The predicted octanol–water partition coefficient (Wildman–Crippen LogP) is 2.05. The maximum absolute atomic E-state index is 5.16. The smallest absolute Gasteiger partial charge is 0.187 e. The summed E-state index contributed by atoms with van der Waals surface area (Å²) < 4.78 is 5.03. The number of hydrogen-bond acceptors (Lipinski definition) is 3. The molecule has 4 nitrogen and oxygen atoms in total. The molecule has 0 aliphatic heterocycles. The summed E-state index contributed by atoms with van der Waals surface area (Å²) in [7, 11) is 1.68.